The fourth-order valence-corrected chi connectivity index (χ4v) is 5.61. The molecule has 0 saturated heterocycles. The van der Waals surface area contributed by atoms with Gasteiger partial charge in [-0.25, -0.2) is 8.42 Å². The third kappa shape index (κ3) is 4.37. The van der Waals surface area contributed by atoms with E-state index >= 15 is 0 Å². The van der Waals surface area contributed by atoms with Gasteiger partial charge < -0.3 is 14.9 Å². The van der Waals surface area contributed by atoms with E-state index in [9.17, 15) is 23.3 Å². The lowest BCUT2D eigenvalue weighted by molar-refractivity contribution is -0.384. The lowest BCUT2D eigenvalue weighted by atomic mass is 10.2. The van der Waals surface area contributed by atoms with Crippen molar-refractivity contribution in [2.45, 2.75) is 30.2 Å². The molecule has 0 bridgehead atoms. The third-order valence-electron chi connectivity index (χ3n) is 5.27. The predicted molar refractivity (Wildman–Crippen MR) is 123 cm³/mol. The van der Waals surface area contributed by atoms with Crippen LogP contribution in [-0.4, -0.2) is 35.3 Å². The number of aromatic nitrogens is 2. The van der Waals surface area contributed by atoms with E-state index in [1.165, 1.54) is 30.3 Å². The smallest absolute Gasteiger partial charge is 0.270 e. The lowest BCUT2D eigenvalue weighted by Crippen LogP contribution is -2.28. The number of aryl methyl sites for hydroxylation is 2. The van der Waals surface area contributed by atoms with Crippen LogP contribution < -0.4 is 5.32 Å². The van der Waals surface area contributed by atoms with E-state index < -0.39 is 20.7 Å². The number of amides is 1. The highest BCUT2D eigenvalue weighted by Gasteiger charge is 2.30. The Balaban J connectivity index is 1.83. The molecule has 0 aliphatic rings. The van der Waals surface area contributed by atoms with E-state index in [0.717, 1.165) is 11.1 Å². The summed E-state index contributed by atoms with van der Waals surface area (Å²) in [6, 6.07) is 12.5. The van der Waals surface area contributed by atoms with Gasteiger partial charge in [0.25, 0.3) is 11.6 Å². The Morgan fingerprint density at radius 2 is 1.76 bits per heavy atom. The maximum Gasteiger partial charge on any atom is 0.270 e. The summed E-state index contributed by atoms with van der Waals surface area (Å²) in [7, 11) is -4.17. The summed E-state index contributed by atoms with van der Waals surface area (Å²) in [5.74, 6) is -0.607. The van der Waals surface area contributed by atoms with Crippen LogP contribution in [0.25, 0.3) is 10.9 Å². The van der Waals surface area contributed by atoms with Gasteiger partial charge in [-0.1, -0.05) is 6.07 Å². The summed E-state index contributed by atoms with van der Waals surface area (Å²) >= 11 is 0. The number of H-pyrrole nitrogens is 1. The van der Waals surface area contributed by atoms with E-state index in [0.29, 0.717) is 12.1 Å². The van der Waals surface area contributed by atoms with Crippen LogP contribution in [0.5, 0.6) is 0 Å². The van der Waals surface area contributed by atoms with Crippen LogP contribution in [0.4, 0.5) is 5.69 Å². The van der Waals surface area contributed by atoms with E-state index in [-0.39, 0.29) is 33.1 Å². The third-order valence-corrected chi connectivity index (χ3v) is 7.09. The van der Waals surface area contributed by atoms with Crippen molar-refractivity contribution in [1.29, 1.82) is 0 Å². The predicted octanol–water partition coefficient (Wildman–Crippen LogP) is 3.76. The van der Waals surface area contributed by atoms with Gasteiger partial charge in [0.05, 0.1) is 9.82 Å². The molecule has 2 aromatic heterocycles. The second-order valence-electron chi connectivity index (χ2n) is 7.82. The highest BCUT2D eigenvalue weighted by atomic mass is 32.2. The van der Waals surface area contributed by atoms with Crippen molar-refractivity contribution in [3.8, 4) is 0 Å². The molecule has 0 aliphatic heterocycles. The molecule has 170 valence electrons. The second kappa shape index (κ2) is 8.55. The number of nitrogens with one attached hydrogen (secondary N) is 2. The molecule has 2 N–H and O–H groups in total. The van der Waals surface area contributed by atoms with Crippen LogP contribution in [0, 0.1) is 24.0 Å². The molecule has 0 atom stereocenters. The SMILES string of the molecule is Cc1cc(C)cc(S(=O)(=O)c2c(C(=O)NCCn3cccc3)[nH]c3ccc([N+](=O)[O-])cc23)c1. The second-order valence-corrected chi connectivity index (χ2v) is 9.71. The summed E-state index contributed by atoms with van der Waals surface area (Å²) in [4.78, 5) is 26.4. The summed E-state index contributed by atoms with van der Waals surface area (Å²) in [5, 5.41) is 14.2. The highest BCUT2D eigenvalue weighted by molar-refractivity contribution is 7.91. The van der Waals surface area contributed by atoms with Crippen LogP contribution in [0.15, 0.2) is 70.7 Å². The van der Waals surface area contributed by atoms with E-state index in [2.05, 4.69) is 10.3 Å². The first-order valence-corrected chi connectivity index (χ1v) is 11.7. The van der Waals surface area contributed by atoms with Crippen LogP contribution >= 0.6 is 0 Å². The van der Waals surface area contributed by atoms with Gasteiger partial charge in [-0.3, -0.25) is 14.9 Å². The number of aromatic amines is 1. The molecule has 2 heterocycles. The molecule has 4 aromatic rings. The van der Waals surface area contributed by atoms with Gasteiger partial charge >= 0.3 is 0 Å². The van der Waals surface area contributed by atoms with Gasteiger partial charge in [-0.2, -0.15) is 0 Å². The van der Waals surface area contributed by atoms with Crippen LogP contribution in [0.2, 0.25) is 0 Å². The van der Waals surface area contributed by atoms with Crippen molar-refractivity contribution in [3.63, 3.8) is 0 Å². The minimum Gasteiger partial charge on any atom is -0.353 e. The van der Waals surface area contributed by atoms with Gasteiger partial charge in [-0.05, 0) is 55.3 Å². The molecule has 9 nitrogen and oxygen atoms in total. The molecule has 0 spiro atoms. The quantitative estimate of drug-likeness (QED) is 0.317. The lowest BCUT2D eigenvalue weighted by Gasteiger charge is -2.10. The maximum absolute atomic E-state index is 13.7. The molecule has 33 heavy (non-hydrogen) atoms. The summed E-state index contributed by atoms with van der Waals surface area (Å²) < 4.78 is 29.3. The topological polar surface area (TPSA) is 127 Å². The Kier molecular flexibility index (Phi) is 5.77. The molecular weight excluding hydrogens is 444 g/mol. The number of sulfone groups is 1. The Bertz CT molecular complexity index is 1450. The normalized spacial score (nSPS) is 11.6. The van der Waals surface area contributed by atoms with E-state index in [1.54, 1.807) is 13.8 Å². The van der Waals surface area contributed by atoms with Gasteiger partial charge in [0, 0.05) is 48.5 Å². The van der Waals surface area contributed by atoms with Crippen LogP contribution in [0.3, 0.4) is 0 Å². The largest absolute Gasteiger partial charge is 0.353 e. The van der Waals surface area contributed by atoms with Gasteiger partial charge in [0.2, 0.25) is 9.84 Å². The van der Waals surface area contributed by atoms with Crippen molar-refractivity contribution in [3.05, 3.63) is 87.9 Å². The molecular formula is C23H22N4O5S. The molecule has 2 aromatic carbocycles. The number of carbonyl (C=O) groups excluding carboxylic acids is 1. The van der Waals surface area contributed by atoms with Crippen molar-refractivity contribution in [2.24, 2.45) is 0 Å². The summed E-state index contributed by atoms with van der Waals surface area (Å²) in [6.45, 7) is 4.33. The first-order valence-electron chi connectivity index (χ1n) is 10.2. The monoisotopic (exact) mass is 466 g/mol. The van der Waals surface area contributed by atoms with Gasteiger partial charge in [-0.15, -0.1) is 0 Å². The average molecular weight is 467 g/mol. The Morgan fingerprint density at radius 3 is 2.39 bits per heavy atom. The zero-order chi connectivity index (χ0) is 23.8. The number of hydrogen-bond acceptors (Lipinski definition) is 5. The van der Waals surface area contributed by atoms with E-state index in [4.69, 9.17) is 0 Å². The van der Waals surface area contributed by atoms with Crippen LogP contribution in [0.1, 0.15) is 21.6 Å². The molecule has 1 amide bonds. The Hall–Kier alpha value is -3.92. The molecule has 0 aliphatic carbocycles. The number of carbonyl (C=O) groups is 1. The molecule has 0 radical (unpaired) electrons. The number of nitro benzene ring substituents is 1. The van der Waals surface area contributed by atoms with Crippen molar-refractivity contribution in [2.75, 3.05) is 6.54 Å². The number of nitro groups is 1. The van der Waals surface area contributed by atoms with Gasteiger partial charge in [0.15, 0.2) is 0 Å². The number of benzene rings is 2. The maximum atomic E-state index is 13.7. The first kappa shape index (κ1) is 22.3. The molecule has 4 rings (SSSR count). The molecule has 0 unspecified atom stereocenters. The number of hydrogen-bond donors (Lipinski definition) is 2. The first-order chi connectivity index (χ1) is 15.7. The Morgan fingerprint density at radius 1 is 1.09 bits per heavy atom. The zero-order valence-electron chi connectivity index (χ0n) is 18.0. The minimum absolute atomic E-state index is 0.0220. The molecule has 0 fully saturated rings. The average Bonchev–Trinajstić information content (AvgIpc) is 3.40. The van der Waals surface area contributed by atoms with Crippen molar-refractivity contribution in [1.82, 2.24) is 14.9 Å². The minimum atomic E-state index is -4.17. The van der Waals surface area contributed by atoms with Gasteiger partial charge in [0.1, 0.15) is 10.6 Å². The molecule has 10 heteroatoms. The zero-order valence-corrected chi connectivity index (χ0v) is 18.8. The highest BCUT2D eigenvalue weighted by Crippen LogP contribution is 2.34. The van der Waals surface area contributed by atoms with Crippen molar-refractivity contribution < 1.29 is 18.1 Å². The number of rotatable bonds is 7. The summed E-state index contributed by atoms with van der Waals surface area (Å²) in [5.41, 5.74) is 1.39. The van der Waals surface area contributed by atoms with E-state index in [1.807, 2.05) is 35.2 Å². The van der Waals surface area contributed by atoms with Crippen LogP contribution in [-0.2, 0) is 16.4 Å². The fraction of sp³-hybridized carbons (Fsp3) is 0.174. The fourth-order valence-electron chi connectivity index (χ4n) is 3.82. The number of non-ortho nitro benzene ring substituents is 1. The summed E-state index contributed by atoms with van der Waals surface area (Å²) in [6.07, 6.45) is 3.70. The molecule has 0 saturated carbocycles. The Labute approximate surface area is 190 Å². The standard InChI is InChI=1S/C23H22N4O5S/c1-15-11-16(2)13-18(12-15)33(31,32)22-19-14-17(27(29)30)5-6-20(19)25-21(22)23(28)24-7-10-26-8-3-4-9-26/h3-6,8-9,11-14,25H,7,10H2,1-2H3,(H,24,28). The van der Waals surface area contributed by atoms with Crippen molar-refractivity contribution >= 4 is 32.3 Å². The number of nitrogens with zero attached hydrogens (tertiary/aromatic N) is 2. The number of fused-ring (bicyclic) bond motifs is 1.